The van der Waals surface area contributed by atoms with Gasteiger partial charge in [0.15, 0.2) is 0 Å². The number of carbonyl (C=O) groups is 2. The molecule has 0 spiro atoms. The van der Waals surface area contributed by atoms with E-state index in [-0.39, 0.29) is 23.9 Å². The molecule has 23 heavy (non-hydrogen) atoms. The summed E-state index contributed by atoms with van der Waals surface area (Å²) in [6, 6.07) is 8.35. The minimum atomic E-state index is -0.263. The second kappa shape index (κ2) is 7.16. The molecule has 1 atom stereocenters. The van der Waals surface area contributed by atoms with Crippen molar-refractivity contribution in [2.75, 3.05) is 0 Å². The average Bonchev–Trinajstić information content (AvgIpc) is 3.22. The van der Waals surface area contributed by atoms with E-state index >= 15 is 0 Å². The molecular weight excluding hydrogens is 288 g/mol. The van der Waals surface area contributed by atoms with Crippen LogP contribution in [0.5, 0.6) is 0 Å². The quantitative estimate of drug-likeness (QED) is 0.908. The number of rotatable bonds is 5. The van der Waals surface area contributed by atoms with Crippen LogP contribution < -0.4 is 5.32 Å². The lowest BCUT2D eigenvalue weighted by Gasteiger charge is -2.30. The maximum atomic E-state index is 12.5. The molecule has 1 aromatic carbocycles. The second-order valence-corrected chi connectivity index (χ2v) is 6.68. The number of nitrogens with zero attached hydrogens (tertiary/aromatic N) is 1. The van der Waals surface area contributed by atoms with Crippen LogP contribution in [0.15, 0.2) is 24.3 Å². The Bertz CT molecular complexity index is 561. The molecule has 2 fully saturated rings. The van der Waals surface area contributed by atoms with E-state index in [1.807, 2.05) is 4.90 Å². The largest absolute Gasteiger partial charge is 0.350 e. The van der Waals surface area contributed by atoms with E-state index in [0.29, 0.717) is 19.4 Å². The summed E-state index contributed by atoms with van der Waals surface area (Å²) in [6.45, 7) is 2.66. The van der Waals surface area contributed by atoms with Gasteiger partial charge in [0.2, 0.25) is 11.8 Å². The fourth-order valence-corrected chi connectivity index (χ4v) is 3.80. The van der Waals surface area contributed by atoms with Crippen LogP contribution in [0.1, 0.15) is 56.6 Å². The summed E-state index contributed by atoms with van der Waals surface area (Å²) >= 11 is 0. The molecule has 0 aromatic heterocycles. The number of aryl methyl sites for hydroxylation is 1. The molecular formula is C19H26N2O2. The third-order valence-corrected chi connectivity index (χ3v) is 5.17. The Labute approximate surface area is 138 Å². The first-order valence-electron chi connectivity index (χ1n) is 8.85. The zero-order valence-electron chi connectivity index (χ0n) is 13.9. The van der Waals surface area contributed by atoms with E-state index in [1.165, 1.54) is 18.4 Å². The Morgan fingerprint density at radius 3 is 2.43 bits per heavy atom. The van der Waals surface area contributed by atoms with Crippen molar-refractivity contribution < 1.29 is 9.59 Å². The van der Waals surface area contributed by atoms with Gasteiger partial charge in [-0.3, -0.25) is 9.59 Å². The highest BCUT2D eigenvalue weighted by molar-refractivity contribution is 5.91. The van der Waals surface area contributed by atoms with Gasteiger partial charge in [0.25, 0.3) is 0 Å². The first-order valence-corrected chi connectivity index (χ1v) is 8.85. The fraction of sp³-hybridized carbons (Fsp3) is 0.579. The number of hydrogen-bond acceptors (Lipinski definition) is 2. The number of hydrogen-bond donors (Lipinski definition) is 1. The van der Waals surface area contributed by atoms with E-state index in [4.69, 9.17) is 0 Å². The van der Waals surface area contributed by atoms with Gasteiger partial charge in [-0.25, -0.2) is 0 Å². The maximum Gasteiger partial charge on any atom is 0.243 e. The molecule has 1 heterocycles. The molecule has 1 N–H and O–H groups in total. The summed E-state index contributed by atoms with van der Waals surface area (Å²) in [6.07, 6.45) is 6.64. The molecule has 4 nitrogen and oxygen atoms in total. The first-order chi connectivity index (χ1) is 11.2. The Hall–Kier alpha value is -1.84. The van der Waals surface area contributed by atoms with E-state index in [0.717, 1.165) is 24.8 Å². The lowest BCUT2D eigenvalue weighted by molar-refractivity contribution is -0.137. The van der Waals surface area contributed by atoms with Crippen LogP contribution in [0.3, 0.4) is 0 Å². The Kier molecular flexibility index (Phi) is 4.99. The molecule has 2 amide bonds. The van der Waals surface area contributed by atoms with Crippen molar-refractivity contribution in [1.29, 1.82) is 0 Å². The summed E-state index contributed by atoms with van der Waals surface area (Å²) in [7, 11) is 0. The van der Waals surface area contributed by atoms with Crippen molar-refractivity contribution >= 4 is 11.8 Å². The third kappa shape index (κ3) is 3.57. The number of nitrogens with one attached hydrogen (secondary N) is 1. The monoisotopic (exact) mass is 314 g/mol. The third-order valence-electron chi connectivity index (χ3n) is 5.17. The molecule has 124 valence electrons. The minimum Gasteiger partial charge on any atom is -0.350 e. The normalized spacial score (nSPS) is 21.9. The van der Waals surface area contributed by atoms with Crippen molar-refractivity contribution in [3.63, 3.8) is 0 Å². The van der Waals surface area contributed by atoms with Crippen molar-refractivity contribution in [2.45, 2.75) is 70.5 Å². The summed E-state index contributed by atoms with van der Waals surface area (Å²) in [4.78, 5) is 26.6. The first kappa shape index (κ1) is 16.0. The average molecular weight is 314 g/mol. The molecule has 1 saturated heterocycles. The van der Waals surface area contributed by atoms with Gasteiger partial charge in [0, 0.05) is 19.0 Å². The van der Waals surface area contributed by atoms with Gasteiger partial charge in [-0.05, 0) is 36.8 Å². The molecule has 1 saturated carbocycles. The van der Waals surface area contributed by atoms with Crippen LogP contribution in [0.4, 0.5) is 0 Å². The lowest BCUT2D eigenvalue weighted by atomic mass is 10.1. The van der Waals surface area contributed by atoms with Crippen LogP contribution in [0, 0.1) is 0 Å². The van der Waals surface area contributed by atoms with Crippen molar-refractivity contribution in [3.8, 4) is 0 Å². The molecule has 1 aromatic rings. The van der Waals surface area contributed by atoms with Crippen LogP contribution >= 0.6 is 0 Å². The predicted octanol–water partition coefficient (Wildman–Crippen LogP) is 2.80. The van der Waals surface area contributed by atoms with Gasteiger partial charge < -0.3 is 10.2 Å². The second-order valence-electron chi connectivity index (χ2n) is 6.68. The van der Waals surface area contributed by atoms with Crippen molar-refractivity contribution in [3.05, 3.63) is 35.4 Å². The molecule has 0 bridgehead atoms. The van der Waals surface area contributed by atoms with Gasteiger partial charge in [-0.15, -0.1) is 0 Å². The van der Waals surface area contributed by atoms with E-state index in [9.17, 15) is 9.59 Å². The van der Waals surface area contributed by atoms with Crippen LogP contribution in [-0.4, -0.2) is 28.8 Å². The molecule has 2 aliphatic rings. The summed E-state index contributed by atoms with van der Waals surface area (Å²) in [5.41, 5.74) is 2.40. The Morgan fingerprint density at radius 2 is 1.78 bits per heavy atom. The number of benzene rings is 1. The van der Waals surface area contributed by atoms with Crippen LogP contribution in [0.25, 0.3) is 0 Å². The zero-order valence-corrected chi connectivity index (χ0v) is 13.9. The SMILES string of the molecule is CCc1ccc(CNC(=O)C2CCC(=O)N2C2CCCC2)cc1. The van der Waals surface area contributed by atoms with Gasteiger partial charge >= 0.3 is 0 Å². The Morgan fingerprint density at radius 1 is 1.13 bits per heavy atom. The van der Waals surface area contributed by atoms with E-state index < -0.39 is 0 Å². The topological polar surface area (TPSA) is 49.4 Å². The molecule has 1 unspecified atom stereocenters. The van der Waals surface area contributed by atoms with Gasteiger partial charge in [0.1, 0.15) is 6.04 Å². The summed E-state index contributed by atoms with van der Waals surface area (Å²) in [5, 5.41) is 3.02. The molecule has 3 rings (SSSR count). The fourth-order valence-electron chi connectivity index (χ4n) is 3.80. The highest BCUT2D eigenvalue weighted by Crippen LogP contribution is 2.30. The van der Waals surface area contributed by atoms with Crippen molar-refractivity contribution in [2.24, 2.45) is 0 Å². The van der Waals surface area contributed by atoms with E-state index in [1.54, 1.807) is 0 Å². The van der Waals surface area contributed by atoms with Crippen molar-refractivity contribution in [1.82, 2.24) is 10.2 Å². The van der Waals surface area contributed by atoms with Crippen LogP contribution in [0.2, 0.25) is 0 Å². The standard InChI is InChI=1S/C19H26N2O2/c1-2-14-7-9-15(10-8-14)13-20-19(23)17-11-12-18(22)21(17)16-5-3-4-6-16/h7-10,16-17H,2-6,11-13H2,1H3,(H,20,23). The van der Waals surface area contributed by atoms with Gasteiger partial charge in [-0.2, -0.15) is 0 Å². The van der Waals surface area contributed by atoms with Crippen LogP contribution in [-0.2, 0) is 22.6 Å². The van der Waals surface area contributed by atoms with Gasteiger partial charge in [0.05, 0.1) is 0 Å². The predicted molar refractivity (Wildman–Crippen MR) is 89.8 cm³/mol. The Balaban J connectivity index is 1.59. The van der Waals surface area contributed by atoms with Gasteiger partial charge in [-0.1, -0.05) is 44.0 Å². The highest BCUT2D eigenvalue weighted by atomic mass is 16.2. The minimum absolute atomic E-state index is 0.00215. The highest BCUT2D eigenvalue weighted by Gasteiger charge is 2.40. The number of carbonyl (C=O) groups excluding carboxylic acids is 2. The lowest BCUT2D eigenvalue weighted by Crippen LogP contribution is -2.48. The molecule has 4 heteroatoms. The zero-order chi connectivity index (χ0) is 16.2. The number of amides is 2. The smallest absolute Gasteiger partial charge is 0.243 e. The van der Waals surface area contributed by atoms with E-state index in [2.05, 4.69) is 36.5 Å². The maximum absolute atomic E-state index is 12.5. The summed E-state index contributed by atoms with van der Waals surface area (Å²) in [5.74, 6) is 0.159. The molecule has 1 aliphatic carbocycles. The summed E-state index contributed by atoms with van der Waals surface area (Å²) < 4.78 is 0. The number of likely N-dealkylation sites (tertiary alicyclic amines) is 1. The molecule has 0 radical (unpaired) electrons. The molecule has 1 aliphatic heterocycles.